The van der Waals surface area contributed by atoms with Crippen LogP contribution in [0.3, 0.4) is 0 Å². The zero-order valence-corrected chi connectivity index (χ0v) is 12.3. The normalized spacial score (nSPS) is 10.4. The standard InChI is InChI=1S/C11H12BrCl2NO2/c1-2-3-17-6-10(16)15-11-8(13)4-7(12)5-9(11)14/h4-5H,2-3,6H2,1H3,(H,15,16). The van der Waals surface area contributed by atoms with E-state index in [0.29, 0.717) is 22.3 Å². The van der Waals surface area contributed by atoms with E-state index in [1.54, 1.807) is 12.1 Å². The van der Waals surface area contributed by atoms with Gasteiger partial charge in [0.05, 0.1) is 15.7 Å². The molecular weight excluding hydrogens is 329 g/mol. The number of anilines is 1. The number of carbonyl (C=O) groups is 1. The Balaban J connectivity index is 2.65. The lowest BCUT2D eigenvalue weighted by Gasteiger charge is -2.10. The van der Waals surface area contributed by atoms with E-state index in [1.807, 2.05) is 6.92 Å². The largest absolute Gasteiger partial charge is 0.372 e. The highest BCUT2D eigenvalue weighted by molar-refractivity contribution is 9.10. The summed E-state index contributed by atoms with van der Waals surface area (Å²) in [5.74, 6) is -0.274. The van der Waals surface area contributed by atoms with Gasteiger partial charge in [0.1, 0.15) is 6.61 Å². The van der Waals surface area contributed by atoms with Gasteiger partial charge in [0.2, 0.25) is 5.91 Å². The van der Waals surface area contributed by atoms with Crippen molar-refractivity contribution in [3.63, 3.8) is 0 Å². The summed E-state index contributed by atoms with van der Waals surface area (Å²) in [5, 5.41) is 3.38. The highest BCUT2D eigenvalue weighted by Gasteiger charge is 2.10. The molecule has 0 fully saturated rings. The minimum absolute atomic E-state index is 0.00341. The second kappa shape index (κ2) is 7.21. The van der Waals surface area contributed by atoms with E-state index in [4.69, 9.17) is 27.9 Å². The van der Waals surface area contributed by atoms with Crippen LogP contribution in [0.2, 0.25) is 10.0 Å². The van der Waals surface area contributed by atoms with Gasteiger partial charge in [-0.15, -0.1) is 0 Å². The molecule has 0 unspecified atom stereocenters. The topological polar surface area (TPSA) is 38.3 Å². The fourth-order valence-corrected chi connectivity index (χ4v) is 2.45. The third-order valence-electron chi connectivity index (χ3n) is 1.85. The van der Waals surface area contributed by atoms with Crippen LogP contribution in [-0.4, -0.2) is 19.1 Å². The predicted octanol–water partition coefficient (Wildman–Crippen LogP) is 4.12. The Morgan fingerprint density at radius 2 is 2.00 bits per heavy atom. The predicted molar refractivity (Wildman–Crippen MR) is 73.9 cm³/mol. The first-order valence-electron chi connectivity index (χ1n) is 5.06. The quantitative estimate of drug-likeness (QED) is 0.819. The van der Waals surface area contributed by atoms with E-state index in [-0.39, 0.29) is 12.5 Å². The summed E-state index contributed by atoms with van der Waals surface area (Å²) in [4.78, 5) is 11.5. The van der Waals surface area contributed by atoms with Crippen LogP contribution in [0.1, 0.15) is 13.3 Å². The Bertz CT molecular complexity index is 389. The maximum absolute atomic E-state index is 11.5. The first-order chi connectivity index (χ1) is 8.04. The van der Waals surface area contributed by atoms with E-state index < -0.39 is 0 Å². The minimum atomic E-state index is -0.274. The molecule has 0 heterocycles. The molecule has 1 aromatic carbocycles. The lowest BCUT2D eigenvalue weighted by atomic mass is 10.3. The van der Waals surface area contributed by atoms with E-state index in [0.717, 1.165) is 10.9 Å². The van der Waals surface area contributed by atoms with Crippen molar-refractivity contribution in [2.45, 2.75) is 13.3 Å². The molecule has 17 heavy (non-hydrogen) atoms. The van der Waals surface area contributed by atoms with Gasteiger partial charge in [-0.3, -0.25) is 4.79 Å². The average Bonchev–Trinajstić information content (AvgIpc) is 2.24. The molecule has 1 N–H and O–H groups in total. The van der Waals surface area contributed by atoms with E-state index in [1.165, 1.54) is 0 Å². The first kappa shape index (κ1) is 14.8. The lowest BCUT2D eigenvalue weighted by molar-refractivity contribution is -0.120. The van der Waals surface area contributed by atoms with Gasteiger partial charge < -0.3 is 10.1 Å². The second-order valence-corrected chi connectivity index (χ2v) is 5.08. The van der Waals surface area contributed by atoms with Gasteiger partial charge in [0.25, 0.3) is 0 Å². The molecule has 0 saturated carbocycles. The summed E-state index contributed by atoms with van der Waals surface area (Å²) >= 11 is 15.2. The van der Waals surface area contributed by atoms with Crippen molar-refractivity contribution in [1.29, 1.82) is 0 Å². The number of halogens is 3. The molecule has 6 heteroatoms. The zero-order valence-electron chi connectivity index (χ0n) is 9.23. The summed E-state index contributed by atoms with van der Waals surface area (Å²) in [6.45, 7) is 2.52. The third-order valence-corrected chi connectivity index (χ3v) is 2.91. The molecule has 0 aliphatic carbocycles. The van der Waals surface area contributed by atoms with Crippen molar-refractivity contribution >= 4 is 50.7 Å². The van der Waals surface area contributed by atoms with Gasteiger partial charge >= 0.3 is 0 Å². The van der Waals surface area contributed by atoms with Gasteiger partial charge in [-0.1, -0.05) is 46.1 Å². The molecule has 0 bridgehead atoms. The molecule has 1 aromatic rings. The smallest absolute Gasteiger partial charge is 0.250 e. The van der Waals surface area contributed by atoms with Crippen LogP contribution in [0, 0.1) is 0 Å². The SMILES string of the molecule is CCCOCC(=O)Nc1c(Cl)cc(Br)cc1Cl. The molecule has 0 aromatic heterocycles. The molecule has 0 radical (unpaired) electrons. The fourth-order valence-electron chi connectivity index (χ4n) is 1.15. The van der Waals surface area contributed by atoms with Crippen molar-refractivity contribution in [3.05, 3.63) is 26.7 Å². The fraction of sp³-hybridized carbons (Fsp3) is 0.364. The third kappa shape index (κ3) is 4.84. The Morgan fingerprint density at radius 3 is 2.53 bits per heavy atom. The number of nitrogens with one attached hydrogen (secondary N) is 1. The molecule has 3 nitrogen and oxygen atoms in total. The number of carbonyl (C=O) groups excluding carboxylic acids is 1. The monoisotopic (exact) mass is 339 g/mol. The van der Waals surface area contributed by atoms with Gasteiger partial charge in [-0.2, -0.15) is 0 Å². The van der Waals surface area contributed by atoms with E-state index in [9.17, 15) is 4.79 Å². The highest BCUT2D eigenvalue weighted by Crippen LogP contribution is 2.33. The summed E-state index contributed by atoms with van der Waals surface area (Å²) in [5.41, 5.74) is 0.404. The Morgan fingerprint density at radius 1 is 1.41 bits per heavy atom. The maximum Gasteiger partial charge on any atom is 0.250 e. The van der Waals surface area contributed by atoms with Gasteiger partial charge in [0, 0.05) is 11.1 Å². The highest BCUT2D eigenvalue weighted by atomic mass is 79.9. The molecule has 94 valence electrons. The zero-order chi connectivity index (χ0) is 12.8. The summed E-state index contributed by atoms with van der Waals surface area (Å²) in [7, 11) is 0. The maximum atomic E-state index is 11.5. The van der Waals surface area contributed by atoms with Crippen LogP contribution >= 0.6 is 39.1 Å². The van der Waals surface area contributed by atoms with Crippen LogP contribution in [0.15, 0.2) is 16.6 Å². The van der Waals surface area contributed by atoms with Crippen molar-refractivity contribution in [3.8, 4) is 0 Å². The first-order valence-corrected chi connectivity index (χ1v) is 6.61. The van der Waals surface area contributed by atoms with Crippen molar-refractivity contribution in [2.24, 2.45) is 0 Å². The number of benzene rings is 1. The van der Waals surface area contributed by atoms with Gasteiger partial charge in [0.15, 0.2) is 0 Å². The summed E-state index contributed by atoms with van der Waals surface area (Å²) in [6, 6.07) is 3.33. The van der Waals surface area contributed by atoms with Crippen molar-refractivity contribution < 1.29 is 9.53 Å². The van der Waals surface area contributed by atoms with E-state index >= 15 is 0 Å². The van der Waals surface area contributed by atoms with Crippen LogP contribution in [-0.2, 0) is 9.53 Å². The summed E-state index contributed by atoms with van der Waals surface area (Å²) in [6.07, 6.45) is 0.868. The molecule has 0 atom stereocenters. The van der Waals surface area contributed by atoms with Crippen molar-refractivity contribution in [2.75, 3.05) is 18.5 Å². The van der Waals surface area contributed by atoms with Crippen LogP contribution in [0.4, 0.5) is 5.69 Å². The molecule has 0 saturated heterocycles. The molecule has 0 aliphatic rings. The molecule has 0 spiro atoms. The summed E-state index contributed by atoms with van der Waals surface area (Å²) < 4.78 is 5.87. The molecule has 1 rings (SSSR count). The molecule has 0 aliphatic heterocycles. The van der Waals surface area contributed by atoms with Gasteiger partial charge in [-0.05, 0) is 18.6 Å². The Labute approximate surface area is 119 Å². The molecular formula is C11H12BrCl2NO2. The van der Waals surface area contributed by atoms with Crippen LogP contribution < -0.4 is 5.32 Å². The van der Waals surface area contributed by atoms with Crippen LogP contribution in [0.25, 0.3) is 0 Å². The average molecular weight is 341 g/mol. The number of hydrogen-bond acceptors (Lipinski definition) is 2. The molecule has 1 amide bonds. The lowest BCUT2D eigenvalue weighted by Crippen LogP contribution is -2.19. The van der Waals surface area contributed by atoms with Crippen LogP contribution in [0.5, 0.6) is 0 Å². The minimum Gasteiger partial charge on any atom is -0.372 e. The second-order valence-electron chi connectivity index (χ2n) is 3.35. The van der Waals surface area contributed by atoms with Gasteiger partial charge in [-0.25, -0.2) is 0 Å². The number of amides is 1. The van der Waals surface area contributed by atoms with E-state index in [2.05, 4.69) is 21.2 Å². The number of hydrogen-bond donors (Lipinski definition) is 1. The number of rotatable bonds is 5. The Hall–Kier alpha value is -0.290. The van der Waals surface area contributed by atoms with Crippen molar-refractivity contribution in [1.82, 2.24) is 0 Å². The Kier molecular flexibility index (Phi) is 6.27. The number of ether oxygens (including phenoxy) is 1.